The molecule has 1 saturated heterocycles. The Morgan fingerprint density at radius 3 is 2.43 bits per heavy atom. The number of ether oxygens (including phenoxy) is 1. The van der Waals surface area contributed by atoms with E-state index in [2.05, 4.69) is 19.1 Å². The highest BCUT2D eigenvalue weighted by molar-refractivity contribution is 5.93. The van der Waals surface area contributed by atoms with Gasteiger partial charge in [-0.05, 0) is 43.7 Å². The second kappa shape index (κ2) is 5.92. The van der Waals surface area contributed by atoms with Gasteiger partial charge in [0.15, 0.2) is 5.76 Å². The Labute approximate surface area is 126 Å². The summed E-state index contributed by atoms with van der Waals surface area (Å²) in [5.74, 6) is 0.663. The smallest absolute Gasteiger partial charge is 0.289 e. The maximum atomic E-state index is 12.6. The Bertz CT molecular complexity index is 542. The zero-order chi connectivity index (χ0) is 14.8. The Hall–Kier alpha value is -1.77. The van der Waals surface area contributed by atoms with Gasteiger partial charge in [-0.2, -0.15) is 0 Å². The van der Waals surface area contributed by atoms with E-state index in [1.807, 2.05) is 30.1 Å². The molecule has 1 amide bonds. The number of rotatable bonds is 1. The fraction of sp³-hybridized carbons (Fsp3) is 0.500. The van der Waals surface area contributed by atoms with Crippen molar-refractivity contribution in [3.05, 3.63) is 47.2 Å². The quantitative estimate of drug-likeness (QED) is 0.734. The van der Waals surface area contributed by atoms with Crippen LogP contribution in [-0.4, -0.2) is 23.9 Å². The van der Waals surface area contributed by atoms with Crippen LogP contribution in [0, 0.1) is 0 Å². The SMILES string of the molecule is C[C@H]1[C@@H](c2ccccc2)OC(=C2CCCCC2)C(=O)N1C. The predicted molar refractivity (Wildman–Crippen MR) is 82.6 cm³/mol. The number of benzene rings is 1. The van der Waals surface area contributed by atoms with Gasteiger partial charge in [-0.15, -0.1) is 0 Å². The van der Waals surface area contributed by atoms with Gasteiger partial charge in [0.1, 0.15) is 6.10 Å². The first-order valence-corrected chi connectivity index (χ1v) is 7.89. The molecule has 0 N–H and O–H groups in total. The second-order valence-corrected chi connectivity index (χ2v) is 6.10. The molecule has 1 aliphatic carbocycles. The minimum absolute atomic E-state index is 0.0478. The molecule has 3 nitrogen and oxygen atoms in total. The Kier molecular flexibility index (Phi) is 4.00. The van der Waals surface area contributed by atoms with Gasteiger partial charge in [0.2, 0.25) is 0 Å². The number of allylic oxidation sites excluding steroid dienone is 1. The highest BCUT2D eigenvalue weighted by Gasteiger charge is 2.37. The molecule has 3 heteroatoms. The molecule has 2 atom stereocenters. The fourth-order valence-electron chi connectivity index (χ4n) is 3.25. The molecule has 3 rings (SSSR count). The lowest BCUT2D eigenvalue weighted by molar-refractivity contribution is -0.143. The van der Waals surface area contributed by atoms with E-state index in [9.17, 15) is 4.79 Å². The first kappa shape index (κ1) is 14.2. The van der Waals surface area contributed by atoms with Crippen molar-refractivity contribution in [3.63, 3.8) is 0 Å². The molecule has 112 valence electrons. The average Bonchev–Trinajstić information content (AvgIpc) is 2.55. The van der Waals surface area contributed by atoms with Crippen LogP contribution in [0.2, 0.25) is 0 Å². The van der Waals surface area contributed by atoms with E-state index >= 15 is 0 Å². The van der Waals surface area contributed by atoms with Gasteiger partial charge in [0, 0.05) is 7.05 Å². The number of amides is 1. The molecule has 1 heterocycles. The van der Waals surface area contributed by atoms with E-state index in [0.29, 0.717) is 5.76 Å². The minimum Gasteiger partial charge on any atom is -0.478 e. The van der Waals surface area contributed by atoms with Crippen LogP contribution in [0.3, 0.4) is 0 Å². The number of hydrogen-bond donors (Lipinski definition) is 0. The molecule has 2 aliphatic rings. The monoisotopic (exact) mass is 285 g/mol. The summed E-state index contributed by atoms with van der Waals surface area (Å²) in [5.41, 5.74) is 2.35. The Balaban J connectivity index is 1.94. The van der Waals surface area contributed by atoms with Crippen LogP contribution in [0.1, 0.15) is 50.7 Å². The average molecular weight is 285 g/mol. The van der Waals surface area contributed by atoms with Crippen molar-refractivity contribution >= 4 is 5.91 Å². The van der Waals surface area contributed by atoms with Crippen molar-refractivity contribution in [2.75, 3.05) is 7.05 Å². The standard InChI is InChI=1S/C18H23NO2/c1-13-16(14-9-5-3-6-10-14)21-17(18(20)19(13)2)15-11-7-4-8-12-15/h3,5-6,9-10,13,16H,4,7-8,11-12H2,1-2H3/t13-,16-/m0/s1. The zero-order valence-electron chi connectivity index (χ0n) is 12.8. The molecule has 0 bridgehead atoms. The molecule has 0 radical (unpaired) electrons. The van der Waals surface area contributed by atoms with Crippen molar-refractivity contribution in [1.29, 1.82) is 0 Å². The van der Waals surface area contributed by atoms with Crippen LogP contribution < -0.4 is 0 Å². The van der Waals surface area contributed by atoms with Gasteiger partial charge in [-0.1, -0.05) is 36.8 Å². The van der Waals surface area contributed by atoms with Crippen molar-refractivity contribution < 1.29 is 9.53 Å². The summed E-state index contributed by atoms with van der Waals surface area (Å²) in [6, 6.07) is 10.3. The van der Waals surface area contributed by atoms with E-state index in [4.69, 9.17) is 4.74 Å². The third-order valence-electron chi connectivity index (χ3n) is 4.71. The normalized spacial score (nSPS) is 26.8. The van der Waals surface area contributed by atoms with Crippen LogP contribution in [0.4, 0.5) is 0 Å². The van der Waals surface area contributed by atoms with E-state index in [-0.39, 0.29) is 18.1 Å². The fourth-order valence-corrected chi connectivity index (χ4v) is 3.25. The summed E-state index contributed by atoms with van der Waals surface area (Å²) in [6.07, 6.45) is 5.54. The zero-order valence-corrected chi connectivity index (χ0v) is 12.8. The van der Waals surface area contributed by atoms with E-state index in [0.717, 1.165) is 18.4 Å². The highest BCUT2D eigenvalue weighted by Crippen LogP contribution is 2.36. The molecule has 21 heavy (non-hydrogen) atoms. The number of likely N-dealkylation sites (N-methyl/N-ethyl adjacent to an activating group) is 1. The largest absolute Gasteiger partial charge is 0.478 e. The number of morpholine rings is 1. The topological polar surface area (TPSA) is 29.5 Å². The molecule has 1 aliphatic heterocycles. The van der Waals surface area contributed by atoms with Gasteiger partial charge in [-0.25, -0.2) is 0 Å². The first-order chi connectivity index (χ1) is 10.2. The third-order valence-corrected chi connectivity index (χ3v) is 4.71. The molecule has 0 aromatic heterocycles. The molecule has 2 fully saturated rings. The van der Waals surface area contributed by atoms with Gasteiger partial charge in [0.05, 0.1) is 6.04 Å². The van der Waals surface area contributed by atoms with Crippen LogP contribution >= 0.6 is 0 Å². The van der Waals surface area contributed by atoms with Crippen molar-refractivity contribution in [2.24, 2.45) is 0 Å². The highest BCUT2D eigenvalue weighted by atomic mass is 16.5. The Morgan fingerprint density at radius 1 is 1.10 bits per heavy atom. The number of carbonyl (C=O) groups excluding carboxylic acids is 1. The second-order valence-electron chi connectivity index (χ2n) is 6.10. The van der Waals surface area contributed by atoms with E-state index < -0.39 is 0 Å². The van der Waals surface area contributed by atoms with Crippen molar-refractivity contribution in [3.8, 4) is 0 Å². The predicted octanol–water partition coefficient (Wildman–Crippen LogP) is 3.82. The molecule has 0 spiro atoms. The third kappa shape index (κ3) is 2.69. The molecular formula is C18H23NO2. The number of hydrogen-bond acceptors (Lipinski definition) is 2. The van der Waals surface area contributed by atoms with Crippen LogP contribution in [-0.2, 0) is 9.53 Å². The van der Waals surface area contributed by atoms with Crippen LogP contribution in [0.25, 0.3) is 0 Å². The lowest BCUT2D eigenvalue weighted by atomic mass is 9.92. The van der Waals surface area contributed by atoms with Gasteiger partial charge in [0.25, 0.3) is 5.91 Å². The summed E-state index contributed by atoms with van der Waals surface area (Å²) in [6.45, 7) is 2.05. The van der Waals surface area contributed by atoms with Crippen molar-refractivity contribution in [1.82, 2.24) is 4.90 Å². The van der Waals surface area contributed by atoms with Gasteiger partial charge in [-0.3, -0.25) is 4.79 Å². The summed E-state index contributed by atoms with van der Waals surface area (Å²) < 4.78 is 6.20. The molecule has 1 saturated carbocycles. The number of carbonyl (C=O) groups is 1. The number of nitrogens with zero attached hydrogens (tertiary/aromatic N) is 1. The molecule has 1 aromatic rings. The maximum Gasteiger partial charge on any atom is 0.289 e. The summed E-state index contributed by atoms with van der Waals surface area (Å²) in [4.78, 5) is 14.4. The van der Waals surface area contributed by atoms with E-state index in [1.54, 1.807) is 0 Å². The first-order valence-electron chi connectivity index (χ1n) is 7.89. The summed E-state index contributed by atoms with van der Waals surface area (Å²) in [7, 11) is 1.88. The van der Waals surface area contributed by atoms with Gasteiger partial charge < -0.3 is 9.64 Å². The lowest BCUT2D eigenvalue weighted by Crippen LogP contribution is -2.46. The minimum atomic E-state index is -0.0710. The Morgan fingerprint density at radius 2 is 1.76 bits per heavy atom. The van der Waals surface area contributed by atoms with Gasteiger partial charge >= 0.3 is 0 Å². The van der Waals surface area contributed by atoms with Crippen molar-refractivity contribution in [2.45, 2.75) is 51.2 Å². The summed E-state index contributed by atoms with van der Waals surface area (Å²) >= 11 is 0. The van der Waals surface area contributed by atoms with E-state index in [1.165, 1.54) is 24.8 Å². The summed E-state index contributed by atoms with van der Waals surface area (Å²) in [5, 5.41) is 0. The molecule has 1 aromatic carbocycles. The lowest BCUT2D eigenvalue weighted by Gasteiger charge is -2.39. The van der Waals surface area contributed by atoms with Crippen LogP contribution in [0.15, 0.2) is 41.7 Å². The van der Waals surface area contributed by atoms with Crippen LogP contribution in [0.5, 0.6) is 0 Å². The molecule has 0 unspecified atom stereocenters. The maximum absolute atomic E-state index is 12.6. The molecular weight excluding hydrogens is 262 g/mol.